The number of hydrogen-bond donors (Lipinski definition) is 0. The van der Waals surface area contributed by atoms with Gasteiger partial charge in [0.25, 0.3) is 0 Å². The summed E-state index contributed by atoms with van der Waals surface area (Å²) in [5.41, 5.74) is 3.11. The van der Waals surface area contributed by atoms with Crippen molar-refractivity contribution >= 4 is 0 Å². The summed E-state index contributed by atoms with van der Waals surface area (Å²) in [5.74, 6) is 0. The summed E-state index contributed by atoms with van der Waals surface area (Å²) in [7, 11) is 0. The number of fused-ring (bicyclic) bond motifs is 4. The normalized spacial score (nSPS) is 27.3. The second-order valence-corrected chi connectivity index (χ2v) is 6.92. The minimum atomic E-state index is 0.424. The largest absolute Gasteiger partial charge is 0.293 e. The maximum absolute atomic E-state index is 4.47. The monoisotopic (exact) mass is 245 g/mol. The summed E-state index contributed by atoms with van der Waals surface area (Å²) >= 11 is 0. The van der Waals surface area contributed by atoms with Crippen LogP contribution in [0.1, 0.15) is 57.3 Å². The zero-order valence-electron chi connectivity index (χ0n) is 11.7. The highest BCUT2D eigenvalue weighted by atomic mass is 15.2. The summed E-state index contributed by atoms with van der Waals surface area (Å²) in [6.45, 7) is 8.20. The first kappa shape index (κ1) is 12.1. The third-order valence-electron chi connectivity index (χ3n) is 4.38. The molecule has 3 heterocycles. The van der Waals surface area contributed by atoms with Crippen molar-refractivity contribution in [1.29, 1.82) is 0 Å². The molecule has 0 saturated carbocycles. The fourth-order valence-electron chi connectivity index (χ4n) is 3.33. The molecule has 0 spiro atoms. The lowest BCUT2D eigenvalue weighted by Gasteiger charge is -2.37. The molecule has 98 valence electrons. The molecular formula is C15H23N3. The number of rotatable bonds is 2. The van der Waals surface area contributed by atoms with Crippen molar-refractivity contribution in [3.8, 4) is 0 Å². The third kappa shape index (κ3) is 2.16. The summed E-state index contributed by atoms with van der Waals surface area (Å²) in [6.07, 6.45) is 8.74. The third-order valence-corrected chi connectivity index (χ3v) is 4.38. The highest BCUT2D eigenvalue weighted by Crippen LogP contribution is 2.43. The van der Waals surface area contributed by atoms with Crippen molar-refractivity contribution in [3.05, 3.63) is 23.8 Å². The molecular weight excluding hydrogens is 222 g/mol. The second kappa shape index (κ2) is 4.30. The van der Waals surface area contributed by atoms with Crippen molar-refractivity contribution in [2.45, 2.75) is 58.5 Å². The molecule has 1 fully saturated rings. The van der Waals surface area contributed by atoms with Gasteiger partial charge in [0.15, 0.2) is 0 Å². The van der Waals surface area contributed by atoms with Crippen molar-refractivity contribution in [2.75, 3.05) is 6.54 Å². The van der Waals surface area contributed by atoms with Gasteiger partial charge in [-0.15, -0.1) is 0 Å². The molecule has 18 heavy (non-hydrogen) atoms. The summed E-state index contributed by atoms with van der Waals surface area (Å²) < 4.78 is 0. The Labute approximate surface area is 110 Å². The Kier molecular flexibility index (Phi) is 2.89. The zero-order valence-corrected chi connectivity index (χ0v) is 11.7. The highest BCUT2D eigenvalue weighted by molar-refractivity contribution is 5.27. The van der Waals surface area contributed by atoms with Crippen LogP contribution < -0.4 is 0 Å². The van der Waals surface area contributed by atoms with Gasteiger partial charge < -0.3 is 0 Å². The second-order valence-electron chi connectivity index (χ2n) is 6.92. The van der Waals surface area contributed by atoms with Gasteiger partial charge in [-0.1, -0.05) is 20.8 Å². The summed E-state index contributed by atoms with van der Waals surface area (Å²) in [4.78, 5) is 11.4. The lowest BCUT2D eigenvalue weighted by molar-refractivity contribution is 0.151. The Morgan fingerprint density at radius 3 is 2.94 bits per heavy atom. The van der Waals surface area contributed by atoms with Gasteiger partial charge in [-0.25, -0.2) is 9.97 Å². The molecule has 2 aliphatic rings. The maximum atomic E-state index is 4.47. The number of aromatic nitrogens is 2. The van der Waals surface area contributed by atoms with Crippen LogP contribution in [0.5, 0.6) is 0 Å². The Balaban J connectivity index is 1.79. The fraction of sp³-hybridized carbons (Fsp3) is 0.733. The Hall–Kier alpha value is -0.960. The van der Waals surface area contributed by atoms with E-state index in [1.807, 2.05) is 6.20 Å². The number of nitrogens with zero attached hydrogens (tertiary/aromatic N) is 3. The minimum absolute atomic E-state index is 0.424. The van der Waals surface area contributed by atoms with Crippen LogP contribution in [0.2, 0.25) is 0 Å². The predicted octanol–water partition coefficient (Wildman–Crippen LogP) is 2.97. The van der Waals surface area contributed by atoms with Gasteiger partial charge in [0, 0.05) is 30.3 Å². The van der Waals surface area contributed by atoms with E-state index in [2.05, 4.69) is 35.6 Å². The smallest absolute Gasteiger partial charge is 0.115 e. The molecule has 2 aliphatic heterocycles. The lowest BCUT2D eigenvalue weighted by atomic mass is 9.90. The van der Waals surface area contributed by atoms with Crippen LogP contribution in [0, 0.1) is 5.41 Å². The van der Waals surface area contributed by atoms with Crippen LogP contribution >= 0.6 is 0 Å². The minimum Gasteiger partial charge on any atom is -0.293 e. The summed E-state index contributed by atoms with van der Waals surface area (Å²) in [5, 5.41) is 0. The Morgan fingerprint density at radius 2 is 2.17 bits per heavy atom. The predicted molar refractivity (Wildman–Crippen MR) is 72.3 cm³/mol. The van der Waals surface area contributed by atoms with E-state index >= 15 is 0 Å². The molecule has 3 nitrogen and oxygen atoms in total. The molecule has 0 aromatic carbocycles. The molecule has 3 heteroatoms. The topological polar surface area (TPSA) is 29.0 Å². The first-order valence-electron chi connectivity index (χ1n) is 7.09. The first-order valence-corrected chi connectivity index (χ1v) is 7.09. The molecule has 1 saturated heterocycles. The van der Waals surface area contributed by atoms with E-state index in [-0.39, 0.29) is 0 Å². The molecule has 0 radical (unpaired) electrons. The SMILES string of the molecule is CC(C)(C)CCN1C2CCC1c1cncnc1C2. The van der Waals surface area contributed by atoms with Crippen LogP contribution in [0.3, 0.4) is 0 Å². The molecule has 2 bridgehead atoms. The van der Waals surface area contributed by atoms with E-state index in [4.69, 9.17) is 0 Å². The van der Waals surface area contributed by atoms with Gasteiger partial charge in [0.2, 0.25) is 0 Å². The van der Waals surface area contributed by atoms with Crippen LogP contribution in [0.4, 0.5) is 0 Å². The first-order chi connectivity index (χ1) is 8.54. The molecule has 0 amide bonds. The van der Waals surface area contributed by atoms with E-state index in [0.29, 0.717) is 11.5 Å². The average molecular weight is 245 g/mol. The van der Waals surface area contributed by atoms with E-state index in [1.165, 1.54) is 37.1 Å². The summed E-state index contributed by atoms with van der Waals surface area (Å²) in [6, 6.07) is 1.31. The average Bonchev–Trinajstić information content (AvgIpc) is 2.60. The quantitative estimate of drug-likeness (QED) is 0.802. The van der Waals surface area contributed by atoms with Crippen molar-refractivity contribution < 1.29 is 0 Å². The van der Waals surface area contributed by atoms with Gasteiger partial charge in [-0.3, -0.25) is 4.90 Å². The molecule has 1 aromatic rings. The fourth-order valence-corrected chi connectivity index (χ4v) is 3.33. The van der Waals surface area contributed by atoms with Gasteiger partial charge in [-0.2, -0.15) is 0 Å². The van der Waals surface area contributed by atoms with Crippen molar-refractivity contribution in [1.82, 2.24) is 14.9 Å². The molecule has 3 rings (SSSR count). The lowest BCUT2D eigenvalue weighted by Crippen LogP contribution is -2.39. The Morgan fingerprint density at radius 1 is 1.33 bits per heavy atom. The van der Waals surface area contributed by atoms with Crippen LogP contribution in [-0.2, 0) is 6.42 Å². The maximum Gasteiger partial charge on any atom is 0.115 e. The highest BCUT2D eigenvalue weighted by Gasteiger charge is 2.40. The zero-order chi connectivity index (χ0) is 12.8. The van der Waals surface area contributed by atoms with Crippen LogP contribution in [-0.4, -0.2) is 27.5 Å². The molecule has 2 unspecified atom stereocenters. The van der Waals surface area contributed by atoms with E-state index in [1.54, 1.807) is 6.33 Å². The Bertz CT molecular complexity index is 436. The van der Waals surface area contributed by atoms with Crippen molar-refractivity contribution in [2.24, 2.45) is 5.41 Å². The van der Waals surface area contributed by atoms with E-state index < -0.39 is 0 Å². The van der Waals surface area contributed by atoms with Gasteiger partial charge in [0.05, 0.1) is 5.69 Å². The molecule has 1 aromatic heterocycles. The van der Waals surface area contributed by atoms with Gasteiger partial charge >= 0.3 is 0 Å². The van der Waals surface area contributed by atoms with Gasteiger partial charge in [-0.05, 0) is 31.2 Å². The van der Waals surface area contributed by atoms with Gasteiger partial charge in [0.1, 0.15) is 6.33 Å². The van der Waals surface area contributed by atoms with Crippen molar-refractivity contribution in [3.63, 3.8) is 0 Å². The van der Waals surface area contributed by atoms with Crippen LogP contribution in [0.25, 0.3) is 0 Å². The molecule has 0 aliphatic carbocycles. The van der Waals surface area contributed by atoms with E-state index in [9.17, 15) is 0 Å². The van der Waals surface area contributed by atoms with Crippen LogP contribution in [0.15, 0.2) is 12.5 Å². The standard InChI is InChI=1S/C15H23N3/c1-15(2,3)6-7-18-11-4-5-14(18)12-9-16-10-17-13(12)8-11/h9-11,14H,4-8H2,1-3H3. The molecule has 2 atom stereocenters. The van der Waals surface area contributed by atoms with E-state index in [0.717, 1.165) is 12.5 Å². The number of hydrogen-bond acceptors (Lipinski definition) is 3. The molecule has 0 N–H and O–H groups in total.